The summed E-state index contributed by atoms with van der Waals surface area (Å²) in [5.74, 6) is 0. The third kappa shape index (κ3) is 2.03. The van der Waals surface area contributed by atoms with Crippen LogP contribution in [0.3, 0.4) is 0 Å². The Morgan fingerprint density at radius 1 is 1.28 bits per heavy atom. The highest BCUT2D eigenvalue weighted by atomic mass is 79.9. The van der Waals surface area contributed by atoms with Crippen molar-refractivity contribution in [1.29, 1.82) is 0 Å². The predicted molar refractivity (Wildman–Crippen MR) is 73.2 cm³/mol. The lowest BCUT2D eigenvalue weighted by Gasteiger charge is -2.07. The van der Waals surface area contributed by atoms with Gasteiger partial charge < -0.3 is 4.57 Å². The molecule has 0 bridgehead atoms. The van der Waals surface area contributed by atoms with Gasteiger partial charge in [0.05, 0.1) is 6.33 Å². The molecule has 0 amide bonds. The van der Waals surface area contributed by atoms with Gasteiger partial charge in [0, 0.05) is 26.0 Å². The molecule has 0 atom stereocenters. The molecule has 18 heavy (non-hydrogen) atoms. The zero-order valence-corrected chi connectivity index (χ0v) is 12.0. The van der Waals surface area contributed by atoms with Gasteiger partial charge in [-0.1, -0.05) is 15.9 Å². The lowest BCUT2D eigenvalue weighted by Crippen LogP contribution is -2.39. The second-order valence-corrected chi connectivity index (χ2v) is 5.02. The number of hydrogen-bond acceptors (Lipinski definition) is 3. The van der Waals surface area contributed by atoms with Crippen LogP contribution in [0.2, 0.25) is 0 Å². The third-order valence-electron chi connectivity index (χ3n) is 2.97. The Balaban J connectivity index is 2.62. The SMILES string of the molecule is Cn1cnc2c1c(=O)n(CCCCBr)c(=O)n2C. The molecule has 0 saturated heterocycles. The summed E-state index contributed by atoms with van der Waals surface area (Å²) in [5, 5.41) is 0.871. The first-order valence-corrected chi connectivity index (χ1v) is 6.87. The van der Waals surface area contributed by atoms with Crippen molar-refractivity contribution < 1.29 is 0 Å². The van der Waals surface area contributed by atoms with Crippen LogP contribution in [-0.2, 0) is 20.6 Å². The molecule has 6 nitrogen and oxygen atoms in total. The zero-order chi connectivity index (χ0) is 13.3. The number of aryl methyl sites for hydroxylation is 2. The molecule has 0 spiro atoms. The second kappa shape index (κ2) is 5.09. The zero-order valence-electron chi connectivity index (χ0n) is 10.4. The topological polar surface area (TPSA) is 61.8 Å². The maximum Gasteiger partial charge on any atom is 0.332 e. The van der Waals surface area contributed by atoms with Gasteiger partial charge in [0.2, 0.25) is 0 Å². The Morgan fingerprint density at radius 2 is 2.00 bits per heavy atom. The molecule has 98 valence electrons. The van der Waals surface area contributed by atoms with Crippen LogP contribution in [0.15, 0.2) is 15.9 Å². The van der Waals surface area contributed by atoms with Gasteiger partial charge in [-0.2, -0.15) is 0 Å². The summed E-state index contributed by atoms with van der Waals surface area (Å²) < 4.78 is 4.36. The minimum atomic E-state index is -0.305. The van der Waals surface area contributed by atoms with Gasteiger partial charge in [-0.15, -0.1) is 0 Å². The van der Waals surface area contributed by atoms with Gasteiger partial charge in [0.25, 0.3) is 5.56 Å². The molecule has 0 aromatic carbocycles. The summed E-state index contributed by atoms with van der Waals surface area (Å²) in [6, 6.07) is 0. The van der Waals surface area contributed by atoms with Crippen molar-refractivity contribution in [2.24, 2.45) is 14.1 Å². The lowest BCUT2D eigenvalue weighted by molar-refractivity contribution is 0.568. The first-order chi connectivity index (χ1) is 8.57. The van der Waals surface area contributed by atoms with E-state index in [2.05, 4.69) is 20.9 Å². The van der Waals surface area contributed by atoms with E-state index in [1.54, 1.807) is 25.0 Å². The number of hydrogen-bond donors (Lipinski definition) is 0. The number of aromatic nitrogens is 4. The highest BCUT2D eigenvalue weighted by molar-refractivity contribution is 9.09. The highest BCUT2D eigenvalue weighted by Gasteiger charge is 2.14. The van der Waals surface area contributed by atoms with E-state index < -0.39 is 0 Å². The Kier molecular flexibility index (Phi) is 3.70. The van der Waals surface area contributed by atoms with Crippen molar-refractivity contribution >= 4 is 27.1 Å². The van der Waals surface area contributed by atoms with Crippen LogP contribution in [0.5, 0.6) is 0 Å². The van der Waals surface area contributed by atoms with Gasteiger partial charge >= 0.3 is 5.69 Å². The summed E-state index contributed by atoms with van der Waals surface area (Å²) in [6.45, 7) is 0.443. The molecule has 2 aromatic heterocycles. The van der Waals surface area contributed by atoms with E-state index in [-0.39, 0.29) is 11.2 Å². The van der Waals surface area contributed by atoms with Gasteiger partial charge in [-0.25, -0.2) is 9.78 Å². The minimum Gasteiger partial charge on any atom is -0.328 e. The second-order valence-electron chi connectivity index (χ2n) is 4.22. The van der Waals surface area contributed by atoms with Crippen LogP contribution in [0.1, 0.15) is 12.8 Å². The molecular formula is C11H15BrN4O2. The molecule has 7 heteroatoms. The summed E-state index contributed by atoms with van der Waals surface area (Å²) in [7, 11) is 3.39. The normalized spacial score (nSPS) is 11.3. The molecule has 0 aliphatic rings. The fraction of sp³-hybridized carbons (Fsp3) is 0.545. The number of halogens is 1. The molecule has 0 fully saturated rings. The molecule has 0 aliphatic heterocycles. The van der Waals surface area contributed by atoms with Crippen LogP contribution in [-0.4, -0.2) is 24.0 Å². The number of rotatable bonds is 4. The van der Waals surface area contributed by atoms with Crippen LogP contribution in [0.4, 0.5) is 0 Å². The van der Waals surface area contributed by atoms with Gasteiger partial charge in [0.1, 0.15) is 0 Å². The highest BCUT2D eigenvalue weighted by Crippen LogP contribution is 2.03. The van der Waals surface area contributed by atoms with Crippen molar-refractivity contribution in [3.8, 4) is 0 Å². The number of unbranched alkanes of at least 4 members (excludes halogenated alkanes) is 1. The summed E-state index contributed by atoms with van der Waals surface area (Å²) >= 11 is 3.33. The van der Waals surface area contributed by atoms with E-state index in [4.69, 9.17) is 0 Å². The molecule has 0 N–H and O–H groups in total. The fourth-order valence-electron chi connectivity index (χ4n) is 1.96. The van der Waals surface area contributed by atoms with Crippen molar-refractivity contribution in [2.75, 3.05) is 5.33 Å². The van der Waals surface area contributed by atoms with Crippen LogP contribution < -0.4 is 11.2 Å². The Labute approximate surface area is 112 Å². The van der Waals surface area contributed by atoms with Crippen molar-refractivity contribution in [1.82, 2.24) is 18.7 Å². The monoisotopic (exact) mass is 314 g/mol. The Morgan fingerprint density at radius 3 is 2.67 bits per heavy atom. The Bertz CT molecular complexity index is 683. The molecule has 0 aliphatic carbocycles. The van der Waals surface area contributed by atoms with Crippen LogP contribution in [0, 0.1) is 0 Å². The standard InChI is InChI=1S/C11H15BrN4O2/c1-14-7-13-9-8(14)10(17)16(6-4-3-5-12)11(18)15(9)2/h7H,3-6H2,1-2H3. The molecule has 0 radical (unpaired) electrons. The van der Waals surface area contributed by atoms with E-state index in [0.29, 0.717) is 17.7 Å². The van der Waals surface area contributed by atoms with E-state index in [1.165, 1.54) is 9.13 Å². The van der Waals surface area contributed by atoms with Crippen LogP contribution in [0.25, 0.3) is 11.2 Å². The molecule has 2 heterocycles. The maximum absolute atomic E-state index is 12.3. The smallest absolute Gasteiger partial charge is 0.328 e. The van der Waals surface area contributed by atoms with E-state index in [0.717, 1.165) is 18.2 Å². The average Bonchev–Trinajstić information content (AvgIpc) is 2.73. The summed E-state index contributed by atoms with van der Waals surface area (Å²) in [6.07, 6.45) is 3.27. The minimum absolute atomic E-state index is 0.261. The number of alkyl halides is 1. The quantitative estimate of drug-likeness (QED) is 0.613. The number of nitrogens with zero attached hydrogens (tertiary/aromatic N) is 4. The van der Waals surface area contributed by atoms with Crippen molar-refractivity contribution in [3.63, 3.8) is 0 Å². The summed E-state index contributed by atoms with van der Waals surface area (Å²) in [5.41, 5.74) is 0.337. The number of imidazole rings is 1. The largest absolute Gasteiger partial charge is 0.332 e. The Hall–Kier alpha value is -1.37. The number of fused-ring (bicyclic) bond motifs is 1. The first-order valence-electron chi connectivity index (χ1n) is 5.74. The van der Waals surface area contributed by atoms with E-state index in [1.807, 2.05) is 0 Å². The van der Waals surface area contributed by atoms with Gasteiger partial charge in [-0.3, -0.25) is 13.9 Å². The van der Waals surface area contributed by atoms with E-state index >= 15 is 0 Å². The van der Waals surface area contributed by atoms with E-state index in [9.17, 15) is 9.59 Å². The molecule has 0 unspecified atom stereocenters. The third-order valence-corrected chi connectivity index (χ3v) is 3.53. The maximum atomic E-state index is 12.3. The molecule has 0 saturated carbocycles. The van der Waals surface area contributed by atoms with Gasteiger partial charge in [-0.05, 0) is 12.8 Å². The molecular weight excluding hydrogens is 300 g/mol. The van der Waals surface area contributed by atoms with Crippen molar-refractivity contribution in [3.05, 3.63) is 27.2 Å². The molecule has 2 rings (SSSR count). The average molecular weight is 315 g/mol. The molecule has 2 aromatic rings. The lowest BCUT2D eigenvalue weighted by atomic mass is 10.3. The van der Waals surface area contributed by atoms with Crippen molar-refractivity contribution in [2.45, 2.75) is 19.4 Å². The van der Waals surface area contributed by atoms with Crippen LogP contribution >= 0.6 is 15.9 Å². The van der Waals surface area contributed by atoms with Gasteiger partial charge in [0.15, 0.2) is 11.2 Å². The first kappa shape index (κ1) is 13.1. The fourth-order valence-corrected chi connectivity index (χ4v) is 2.35. The summed E-state index contributed by atoms with van der Waals surface area (Å²) in [4.78, 5) is 28.4. The predicted octanol–water partition coefficient (Wildman–Crippen LogP) is 0.609.